The van der Waals surface area contributed by atoms with Crippen LogP contribution in [0.1, 0.15) is 58.3 Å². The van der Waals surface area contributed by atoms with E-state index in [1.54, 1.807) is 0 Å². The lowest BCUT2D eigenvalue weighted by molar-refractivity contribution is 0.433. The van der Waals surface area contributed by atoms with Gasteiger partial charge in [0, 0.05) is 12.5 Å². The highest BCUT2D eigenvalue weighted by Crippen LogP contribution is 2.48. The Labute approximate surface area is 93.3 Å². The van der Waals surface area contributed by atoms with E-state index in [0.29, 0.717) is 11.3 Å². The Morgan fingerprint density at radius 1 is 1.27 bits per heavy atom. The molecular formula is C13H24N2. The molecule has 0 spiro atoms. The third kappa shape index (κ3) is 2.73. The van der Waals surface area contributed by atoms with Crippen molar-refractivity contribution in [2.45, 2.75) is 58.3 Å². The van der Waals surface area contributed by atoms with Crippen LogP contribution in [-0.4, -0.2) is 12.4 Å². The number of rotatable bonds is 4. The Morgan fingerprint density at radius 3 is 2.47 bits per heavy atom. The Hall–Kier alpha value is -0.530. The third-order valence-corrected chi connectivity index (χ3v) is 4.33. The second-order valence-corrected chi connectivity index (χ2v) is 5.43. The number of hydrogen-bond donors (Lipinski definition) is 1. The molecule has 2 fully saturated rings. The number of nitrogens with two attached hydrogens (primary N) is 1. The fourth-order valence-electron chi connectivity index (χ4n) is 2.59. The van der Waals surface area contributed by atoms with Gasteiger partial charge in [0.25, 0.3) is 0 Å². The molecule has 2 rings (SSSR count). The lowest BCUT2D eigenvalue weighted by Gasteiger charge is -2.21. The summed E-state index contributed by atoms with van der Waals surface area (Å²) in [4.78, 5) is 4.65. The minimum absolute atomic E-state index is 0.555. The summed E-state index contributed by atoms with van der Waals surface area (Å²) in [5.74, 6) is 1.56. The van der Waals surface area contributed by atoms with Crippen molar-refractivity contribution in [1.29, 1.82) is 0 Å². The molecule has 0 saturated heterocycles. The van der Waals surface area contributed by atoms with Gasteiger partial charge in [-0.3, -0.25) is 4.99 Å². The van der Waals surface area contributed by atoms with Gasteiger partial charge in [0.2, 0.25) is 0 Å². The van der Waals surface area contributed by atoms with Gasteiger partial charge in [-0.1, -0.05) is 26.2 Å². The second kappa shape index (κ2) is 4.54. The van der Waals surface area contributed by atoms with Crippen LogP contribution in [-0.2, 0) is 0 Å². The predicted molar refractivity (Wildman–Crippen MR) is 65.0 cm³/mol. The molecule has 86 valence electrons. The topological polar surface area (TPSA) is 38.4 Å². The molecule has 0 aromatic rings. The molecule has 0 bridgehead atoms. The average molecular weight is 208 g/mol. The Balaban J connectivity index is 1.83. The smallest absolute Gasteiger partial charge is 0.0968 e. The van der Waals surface area contributed by atoms with Gasteiger partial charge >= 0.3 is 0 Å². The van der Waals surface area contributed by atoms with E-state index in [2.05, 4.69) is 11.9 Å². The van der Waals surface area contributed by atoms with Crippen LogP contribution in [0, 0.1) is 11.3 Å². The summed E-state index contributed by atoms with van der Waals surface area (Å²) in [7, 11) is 0. The summed E-state index contributed by atoms with van der Waals surface area (Å²) in [5.41, 5.74) is 6.64. The maximum atomic E-state index is 6.09. The van der Waals surface area contributed by atoms with Crippen LogP contribution >= 0.6 is 0 Å². The first-order valence-electron chi connectivity index (χ1n) is 6.56. The number of aliphatic imine (C=N–C) groups is 1. The van der Waals surface area contributed by atoms with Gasteiger partial charge in [0.1, 0.15) is 0 Å². The van der Waals surface area contributed by atoms with E-state index >= 15 is 0 Å². The van der Waals surface area contributed by atoms with Crippen LogP contribution in [0.25, 0.3) is 0 Å². The summed E-state index contributed by atoms with van der Waals surface area (Å²) < 4.78 is 0. The van der Waals surface area contributed by atoms with E-state index in [1.165, 1.54) is 51.4 Å². The maximum Gasteiger partial charge on any atom is 0.0968 e. The van der Waals surface area contributed by atoms with Crippen LogP contribution in [0.2, 0.25) is 0 Å². The van der Waals surface area contributed by atoms with Crippen LogP contribution in [0.15, 0.2) is 4.99 Å². The van der Waals surface area contributed by atoms with Crippen molar-refractivity contribution in [1.82, 2.24) is 0 Å². The van der Waals surface area contributed by atoms with Gasteiger partial charge < -0.3 is 5.73 Å². The Morgan fingerprint density at radius 2 is 1.93 bits per heavy atom. The molecule has 0 aromatic carbocycles. The zero-order chi connectivity index (χ0) is 10.7. The molecule has 2 heteroatoms. The van der Waals surface area contributed by atoms with E-state index < -0.39 is 0 Å². The molecule has 0 radical (unpaired) electrons. The third-order valence-electron chi connectivity index (χ3n) is 4.33. The van der Waals surface area contributed by atoms with E-state index in [1.807, 2.05) is 0 Å². The molecule has 0 amide bonds. The summed E-state index contributed by atoms with van der Waals surface area (Å²) >= 11 is 0. The molecule has 2 aliphatic rings. The van der Waals surface area contributed by atoms with Crippen LogP contribution in [0.3, 0.4) is 0 Å². The van der Waals surface area contributed by atoms with E-state index in [9.17, 15) is 0 Å². The highest BCUT2D eigenvalue weighted by Gasteiger charge is 2.40. The molecule has 0 aromatic heterocycles. The normalized spacial score (nSPS) is 26.6. The minimum Gasteiger partial charge on any atom is -0.387 e. The SMILES string of the molecule is CCC1(CN=C(N)C2CCCCC2)CC1. The maximum absolute atomic E-state index is 6.09. The molecule has 2 aliphatic carbocycles. The van der Waals surface area contributed by atoms with Crippen molar-refractivity contribution < 1.29 is 0 Å². The largest absolute Gasteiger partial charge is 0.387 e. The summed E-state index contributed by atoms with van der Waals surface area (Å²) in [6, 6.07) is 0. The summed E-state index contributed by atoms with van der Waals surface area (Å²) in [5, 5.41) is 0. The van der Waals surface area contributed by atoms with E-state index in [0.717, 1.165) is 12.4 Å². The number of hydrogen-bond acceptors (Lipinski definition) is 1. The van der Waals surface area contributed by atoms with Gasteiger partial charge in [-0.05, 0) is 37.5 Å². The van der Waals surface area contributed by atoms with Gasteiger partial charge in [0.05, 0.1) is 5.84 Å². The molecule has 2 N–H and O–H groups in total. The van der Waals surface area contributed by atoms with Crippen molar-refractivity contribution in [3.63, 3.8) is 0 Å². The number of nitrogens with zero attached hydrogens (tertiary/aromatic N) is 1. The molecule has 2 saturated carbocycles. The first-order valence-corrected chi connectivity index (χ1v) is 6.56. The molecule has 2 nitrogen and oxygen atoms in total. The Kier molecular flexibility index (Phi) is 3.32. The first kappa shape index (κ1) is 11.0. The van der Waals surface area contributed by atoms with Gasteiger partial charge in [-0.25, -0.2) is 0 Å². The van der Waals surface area contributed by atoms with Crippen LogP contribution < -0.4 is 5.73 Å². The standard InChI is InChI=1S/C13H24N2/c1-2-13(8-9-13)10-15-12(14)11-6-4-3-5-7-11/h11H,2-10H2,1H3,(H2,14,15). The van der Waals surface area contributed by atoms with Crippen LogP contribution in [0.5, 0.6) is 0 Å². The van der Waals surface area contributed by atoms with Gasteiger partial charge in [-0.2, -0.15) is 0 Å². The van der Waals surface area contributed by atoms with E-state index in [-0.39, 0.29) is 0 Å². The number of amidine groups is 1. The summed E-state index contributed by atoms with van der Waals surface area (Å²) in [6.07, 6.45) is 10.6. The van der Waals surface area contributed by atoms with Crippen molar-refractivity contribution >= 4 is 5.84 Å². The predicted octanol–water partition coefficient (Wildman–Crippen LogP) is 3.11. The molecule has 0 heterocycles. The fraction of sp³-hybridized carbons (Fsp3) is 0.923. The highest BCUT2D eigenvalue weighted by atomic mass is 14.9. The second-order valence-electron chi connectivity index (χ2n) is 5.43. The molecule has 0 aliphatic heterocycles. The Bertz CT molecular complexity index is 235. The van der Waals surface area contributed by atoms with Crippen molar-refractivity contribution in [2.75, 3.05) is 6.54 Å². The van der Waals surface area contributed by atoms with Crippen molar-refractivity contribution in [3.8, 4) is 0 Å². The van der Waals surface area contributed by atoms with Gasteiger partial charge in [0.15, 0.2) is 0 Å². The van der Waals surface area contributed by atoms with Crippen LogP contribution in [0.4, 0.5) is 0 Å². The highest BCUT2D eigenvalue weighted by molar-refractivity contribution is 5.82. The van der Waals surface area contributed by atoms with Gasteiger partial charge in [-0.15, -0.1) is 0 Å². The monoisotopic (exact) mass is 208 g/mol. The zero-order valence-corrected chi connectivity index (χ0v) is 9.97. The molecule has 0 unspecified atom stereocenters. The minimum atomic E-state index is 0.555. The molecule has 15 heavy (non-hydrogen) atoms. The quantitative estimate of drug-likeness (QED) is 0.559. The first-order chi connectivity index (χ1) is 7.26. The average Bonchev–Trinajstić information content (AvgIpc) is 3.08. The fourth-order valence-corrected chi connectivity index (χ4v) is 2.59. The lowest BCUT2D eigenvalue weighted by atomic mass is 9.88. The summed E-state index contributed by atoms with van der Waals surface area (Å²) in [6.45, 7) is 3.27. The van der Waals surface area contributed by atoms with E-state index in [4.69, 9.17) is 5.73 Å². The van der Waals surface area contributed by atoms with Crippen molar-refractivity contribution in [2.24, 2.45) is 22.1 Å². The van der Waals surface area contributed by atoms with Crippen molar-refractivity contribution in [3.05, 3.63) is 0 Å². The zero-order valence-electron chi connectivity index (χ0n) is 9.97. The lowest BCUT2D eigenvalue weighted by Crippen LogP contribution is -2.26. The molecular weight excluding hydrogens is 184 g/mol. The molecule has 0 atom stereocenters.